The van der Waals surface area contributed by atoms with Gasteiger partial charge in [0.05, 0.1) is 5.92 Å². The Morgan fingerprint density at radius 3 is 2.04 bits per heavy atom. The van der Waals surface area contributed by atoms with Gasteiger partial charge in [-0.2, -0.15) is 0 Å². The van der Waals surface area contributed by atoms with Crippen molar-refractivity contribution in [1.82, 2.24) is 4.90 Å². The Balaban J connectivity index is 2.07. The number of rotatable bonds is 7. The van der Waals surface area contributed by atoms with Crippen molar-refractivity contribution in [2.45, 2.75) is 33.1 Å². The van der Waals surface area contributed by atoms with E-state index < -0.39 is 0 Å². The van der Waals surface area contributed by atoms with Gasteiger partial charge in [-0.3, -0.25) is 9.59 Å². The average molecular weight is 338 g/mol. The van der Waals surface area contributed by atoms with Gasteiger partial charge in [-0.05, 0) is 50.1 Å². The molecule has 0 heterocycles. The molecule has 2 aromatic carbocycles. The maximum atomic E-state index is 12.6. The van der Waals surface area contributed by atoms with Gasteiger partial charge in [-0.25, -0.2) is 0 Å². The highest BCUT2D eigenvalue weighted by Crippen LogP contribution is 2.22. The lowest BCUT2D eigenvalue weighted by molar-refractivity contribution is -0.117. The van der Waals surface area contributed by atoms with Crippen molar-refractivity contribution < 1.29 is 9.59 Å². The van der Waals surface area contributed by atoms with Crippen LogP contribution in [0.3, 0.4) is 0 Å². The molecule has 4 heteroatoms. The summed E-state index contributed by atoms with van der Waals surface area (Å²) in [7, 11) is 0. The van der Waals surface area contributed by atoms with Gasteiger partial charge >= 0.3 is 0 Å². The molecule has 1 atom stereocenters. The van der Waals surface area contributed by atoms with Crippen LogP contribution in [0.2, 0.25) is 0 Å². The largest absolute Gasteiger partial charge is 0.339 e. The standard InChI is InChI=1S/C21H26N2O2/c1-4-19(16-10-8-7-9-11-16)20(24)22-18-14-12-17(13-15-18)21(25)23(5-2)6-3/h7-15,19H,4-6H2,1-3H3,(H,22,24). The molecular weight excluding hydrogens is 312 g/mol. The van der Waals surface area contributed by atoms with E-state index >= 15 is 0 Å². The van der Waals surface area contributed by atoms with Crippen molar-refractivity contribution in [3.05, 3.63) is 65.7 Å². The molecule has 1 N–H and O–H groups in total. The van der Waals surface area contributed by atoms with E-state index in [0.29, 0.717) is 24.3 Å². The third-order valence-electron chi connectivity index (χ3n) is 4.38. The van der Waals surface area contributed by atoms with Crippen LogP contribution in [0.25, 0.3) is 0 Å². The van der Waals surface area contributed by atoms with E-state index in [9.17, 15) is 9.59 Å². The number of carbonyl (C=O) groups is 2. The molecular formula is C21H26N2O2. The van der Waals surface area contributed by atoms with E-state index in [4.69, 9.17) is 0 Å². The summed E-state index contributed by atoms with van der Waals surface area (Å²) in [6.07, 6.45) is 0.731. The van der Waals surface area contributed by atoms with E-state index in [1.54, 1.807) is 29.2 Å². The summed E-state index contributed by atoms with van der Waals surface area (Å²) in [5.74, 6) is -0.201. The number of nitrogens with zero attached hydrogens (tertiary/aromatic N) is 1. The summed E-state index contributed by atoms with van der Waals surface area (Å²) in [6.45, 7) is 7.30. The molecule has 2 rings (SSSR count). The molecule has 2 amide bonds. The van der Waals surface area contributed by atoms with Crippen molar-refractivity contribution in [3.63, 3.8) is 0 Å². The van der Waals surface area contributed by atoms with Gasteiger partial charge in [0.2, 0.25) is 5.91 Å². The second-order valence-corrected chi connectivity index (χ2v) is 5.92. The highest BCUT2D eigenvalue weighted by Gasteiger charge is 2.19. The zero-order chi connectivity index (χ0) is 18.2. The quantitative estimate of drug-likeness (QED) is 0.818. The number of anilines is 1. The number of hydrogen-bond acceptors (Lipinski definition) is 2. The van der Waals surface area contributed by atoms with Gasteiger partial charge in [-0.15, -0.1) is 0 Å². The van der Waals surface area contributed by atoms with Crippen molar-refractivity contribution >= 4 is 17.5 Å². The Kier molecular flexibility index (Phi) is 6.75. The summed E-state index contributed by atoms with van der Waals surface area (Å²) in [4.78, 5) is 26.7. The first kappa shape index (κ1) is 18.7. The molecule has 2 aromatic rings. The molecule has 0 saturated heterocycles. The zero-order valence-electron chi connectivity index (χ0n) is 15.2. The van der Waals surface area contributed by atoms with Crippen LogP contribution in [-0.4, -0.2) is 29.8 Å². The van der Waals surface area contributed by atoms with Gasteiger partial charge < -0.3 is 10.2 Å². The molecule has 0 aromatic heterocycles. The van der Waals surface area contributed by atoms with Crippen molar-refractivity contribution in [2.24, 2.45) is 0 Å². The van der Waals surface area contributed by atoms with E-state index in [1.807, 2.05) is 51.1 Å². The number of nitrogens with one attached hydrogen (secondary N) is 1. The Morgan fingerprint density at radius 2 is 1.52 bits per heavy atom. The monoisotopic (exact) mass is 338 g/mol. The van der Waals surface area contributed by atoms with E-state index in [2.05, 4.69) is 5.32 Å². The highest BCUT2D eigenvalue weighted by atomic mass is 16.2. The van der Waals surface area contributed by atoms with Crippen LogP contribution >= 0.6 is 0 Å². The third kappa shape index (κ3) is 4.69. The molecule has 4 nitrogen and oxygen atoms in total. The SMILES string of the molecule is CCC(C(=O)Nc1ccc(C(=O)N(CC)CC)cc1)c1ccccc1. The summed E-state index contributed by atoms with van der Waals surface area (Å²) in [5, 5.41) is 2.95. The van der Waals surface area contributed by atoms with Crippen LogP contribution in [0.5, 0.6) is 0 Å². The Morgan fingerprint density at radius 1 is 0.920 bits per heavy atom. The van der Waals surface area contributed by atoms with Crippen LogP contribution in [0.4, 0.5) is 5.69 Å². The topological polar surface area (TPSA) is 49.4 Å². The number of hydrogen-bond donors (Lipinski definition) is 1. The minimum absolute atomic E-state index is 0.0126. The molecule has 0 aliphatic rings. The summed E-state index contributed by atoms with van der Waals surface area (Å²) in [6, 6.07) is 16.9. The normalized spacial score (nSPS) is 11.6. The molecule has 25 heavy (non-hydrogen) atoms. The molecule has 0 radical (unpaired) electrons. The van der Waals surface area contributed by atoms with Gasteiger partial charge in [0, 0.05) is 24.3 Å². The van der Waals surface area contributed by atoms with Crippen LogP contribution in [-0.2, 0) is 4.79 Å². The molecule has 0 aliphatic heterocycles. The molecule has 1 unspecified atom stereocenters. The second kappa shape index (κ2) is 9.02. The summed E-state index contributed by atoms with van der Waals surface area (Å²) >= 11 is 0. The van der Waals surface area contributed by atoms with Crippen LogP contribution < -0.4 is 5.32 Å². The van der Waals surface area contributed by atoms with E-state index in [1.165, 1.54) is 0 Å². The van der Waals surface area contributed by atoms with Crippen molar-refractivity contribution in [3.8, 4) is 0 Å². The fourth-order valence-corrected chi connectivity index (χ4v) is 2.88. The maximum Gasteiger partial charge on any atom is 0.253 e. The first-order valence-electron chi connectivity index (χ1n) is 8.85. The smallest absolute Gasteiger partial charge is 0.253 e. The second-order valence-electron chi connectivity index (χ2n) is 5.92. The third-order valence-corrected chi connectivity index (χ3v) is 4.38. The van der Waals surface area contributed by atoms with Crippen molar-refractivity contribution in [2.75, 3.05) is 18.4 Å². The minimum Gasteiger partial charge on any atom is -0.339 e. The minimum atomic E-state index is -0.182. The number of carbonyl (C=O) groups excluding carboxylic acids is 2. The first-order chi connectivity index (χ1) is 12.1. The Hall–Kier alpha value is -2.62. The molecule has 132 valence electrons. The zero-order valence-corrected chi connectivity index (χ0v) is 15.2. The summed E-state index contributed by atoms with van der Waals surface area (Å²) in [5.41, 5.74) is 2.35. The van der Waals surface area contributed by atoms with Gasteiger partial charge in [-0.1, -0.05) is 37.3 Å². The lowest BCUT2D eigenvalue weighted by atomic mass is 9.95. The fourth-order valence-electron chi connectivity index (χ4n) is 2.88. The van der Waals surface area contributed by atoms with E-state index in [-0.39, 0.29) is 17.7 Å². The highest BCUT2D eigenvalue weighted by molar-refractivity contribution is 5.97. The first-order valence-corrected chi connectivity index (χ1v) is 8.85. The lowest BCUT2D eigenvalue weighted by Gasteiger charge is -2.19. The van der Waals surface area contributed by atoms with E-state index in [0.717, 1.165) is 12.0 Å². The molecule has 0 spiro atoms. The molecule has 0 aliphatic carbocycles. The van der Waals surface area contributed by atoms with Gasteiger partial charge in [0.25, 0.3) is 5.91 Å². The van der Waals surface area contributed by atoms with Gasteiger partial charge in [0.15, 0.2) is 0 Å². The fraction of sp³-hybridized carbons (Fsp3) is 0.333. The Labute approximate surface area is 149 Å². The Bertz CT molecular complexity index is 692. The number of amides is 2. The molecule has 0 bridgehead atoms. The van der Waals surface area contributed by atoms with Crippen LogP contribution in [0, 0.1) is 0 Å². The predicted molar refractivity (Wildman–Crippen MR) is 102 cm³/mol. The average Bonchev–Trinajstić information content (AvgIpc) is 2.64. The maximum absolute atomic E-state index is 12.6. The van der Waals surface area contributed by atoms with Crippen LogP contribution in [0.15, 0.2) is 54.6 Å². The predicted octanol–water partition coefficient (Wildman–Crippen LogP) is 4.30. The van der Waals surface area contributed by atoms with Gasteiger partial charge in [0.1, 0.15) is 0 Å². The summed E-state index contributed by atoms with van der Waals surface area (Å²) < 4.78 is 0. The molecule has 0 saturated carbocycles. The molecule has 0 fully saturated rings. The van der Waals surface area contributed by atoms with Crippen LogP contribution in [0.1, 0.15) is 49.0 Å². The van der Waals surface area contributed by atoms with Crippen molar-refractivity contribution in [1.29, 1.82) is 0 Å². The number of benzene rings is 2. The lowest BCUT2D eigenvalue weighted by Crippen LogP contribution is -2.30.